The van der Waals surface area contributed by atoms with Crippen LogP contribution in [0.25, 0.3) is 0 Å². The molecule has 0 spiro atoms. The molecule has 2 saturated heterocycles. The molecule has 1 saturated carbocycles. The van der Waals surface area contributed by atoms with Crippen molar-refractivity contribution in [2.24, 2.45) is 17.8 Å². The molecule has 0 amide bonds. The molecule has 3 fully saturated rings. The van der Waals surface area contributed by atoms with Gasteiger partial charge in [-0.1, -0.05) is 6.92 Å². The minimum atomic E-state index is 1.01. The van der Waals surface area contributed by atoms with Gasteiger partial charge in [-0.15, -0.1) is 0 Å². The molecule has 68 valence electrons. The first-order valence-electron chi connectivity index (χ1n) is 5.58. The monoisotopic (exact) mass is 165 g/mol. The van der Waals surface area contributed by atoms with Crippen molar-refractivity contribution in [3.8, 4) is 0 Å². The number of hydrogen-bond donors (Lipinski definition) is 0. The Kier molecular flexibility index (Phi) is 1.52. The second-order valence-electron chi connectivity index (χ2n) is 5.17. The number of fused-ring (bicyclic) bond motifs is 4. The standard InChI is InChI=1S/C11H19N/c1-8-5-9-6-10(8)7-12-4-2-3-11(9)12/h8-11H,2-7H2,1H3. The van der Waals surface area contributed by atoms with Crippen molar-refractivity contribution < 1.29 is 0 Å². The van der Waals surface area contributed by atoms with Crippen molar-refractivity contribution in [1.29, 1.82) is 0 Å². The minimum Gasteiger partial charge on any atom is -0.300 e. The van der Waals surface area contributed by atoms with Gasteiger partial charge in [-0.05, 0) is 50.0 Å². The summed E-state index contributed by atoms with van der Waals surface area (Å²) in [7, 11) is 0. The quantitative estimate of drug-likeness (QED) is 0.531. The lowest BCUT2D eigenvalue weighted by molar-refractivity contribution is 0.128. The molecule has 2 heterocycles. The van der Waals surface area contributed by atoms with Crippen molar-refractivity contribution in [2.45, 2.75) is 38.6 Å². The van der Waals surface area contributed by atoms with Crippen LogP contribution >= 0.6 is 0 Å². The first kappa shape index (κ1) is 7.37. The largest absolute Gasteiger partial charge is 0.300 e. The Labute approximate surface area is 75.1 Å². The lowest BCUT2D eigenvalue weighted by atomic mass is 9.91. The first-order valence-corrected chi connectivity index (χ1v) is 5.58. The maximum atomic E-state index is 2.78. The molecule has 4 atom stereocenters. The van der Waals surface area contributed by atoms with Crippen molar-refractivity contribution in [3.05, 3.63) is 0 Å². The highest BCUT2D eigenvalue weighted by molar-refractivity contribution is 4.98. The van der Waals surface area contributed by atoms with Crippen molar-refractivity contribution >= 4 is 0 Å². The fourth-order valence-electron chi connectivity index (χ4n) is 3.87. The van der Waals surface area contributed by atoms with E-state index >= 15 is 0 Å². The van der Waals surface area contributed by atoms with Crippen LogP contribution in [0, 0.1) is 17.8 Å². The van der Waals surface area contributed by atoms with Crippen LogP contribution in [0.3, 0.4) is 0 Å². The van der Waals surface area contributed by atoms with Crippen LogP contribution in [0.4, 0.5) is 0 Å². The highest BCUT2D eigenvalue weighted by Crippen LogP contribution is 2.46. The van der Waals surface area contributed by atoms with E-state index in [1.165, 1.54) is 32.4 Å². The highest BCUT2D eigenvalue weighted by Gasteiger charge is 2.45. The average Bonchev–Trinajstić information content (AvgIpc) is 2.60. The van der Waals surface area contributed by atoms with E-state index in [1.807, 2.05) is 0 Å². The second-order valence-corrected chi connectivity index (χ2v) is 5.17. The molecule has 0 aromatic rings. The Morgan fingerprint density at radius 1 is 1.17 bits per heavy atom. The molecular formula is C11H19N. The van der Waals surface area contributed by atoms with E-state index < -0.39 is 0 Å². The zero-order valence-corrected chi connectivity index (χ0v) is 8.00. The third-order valence-electron chi connectivity index (χ3n) is 4.51. The normalized spacial score (nSPS) is 52.8. The van der Waals surface area contributed by atoms with Crippen molar-refractivity contribution in [1.82, 2.24) is 4.90 Å². The summed E-state index contributed by atoms with van der Waals surface area (Å²) in [6.07, 6.45) is 6.07. The average molecular weight is 165 g/mol. The van der Waals surface area contributed by atoms with Crippen molar-refractivity contribution in [3.63, 3.8) is 0 Å². The summed E-state index contributed by atoms with van der Waals surface area (Å²) in [6.45, 7) is 5.31. The van der Waals surface area contributed by atoms with E-state index in [0.29, 0.717) is 0 Å². The number of rotatable bonds is 0. The van der Waals surface area contributed by atoms with E-state index in [1.54, 1.807) is 6.42 Å². The summed E-state index contributed by atoms with van der Waals surface area (Å²) in [6, 6.07) is 1.01. The summed E-state index contributed by atoms with van der Waals surface area (Å²) in [5, 5.41) is 0. The van der Waals surface area contributed by atoms with Gasteiger partial charge in [0.05, 0.1) is 0 Å². The molecule has 4 unspecified atom stereocenters. The molecule has 1 heteroatoms. The lowest BCUT2D eigenvalue weighted by Gasteiger charge is -2.35. The van der Waals surface area contributed by atoms with Gasteiger partial charge in [-0.3, -0.25) is 4.90 Å². The number of piperidine rings is 1. The van der Waals surface area contributed by atoms with Crippen molar-refractivity contribution in [2.75, 3.05) is 13.1 Å². The Hall–Kier alpha value is -0.0400. The van der Waals surface area contributed by atoms with E-state index in [4.69, 9.17) is 0 Å². The summed E-state index contributed by atoms with van der Waals surface area (Å²) in [5.74, 6) is 3.17. The van der Waals surface area contributed by atoms with Gasteiger partial charge in [0.25, 0.3) is 0 Å². The predicted octanol–water partition coefficient (Wildman–Crippen LogP) is 2.13. The van der Waals surface area contributed by atoms with Crippen LogP contribution in [-0.2, 0) is 0 Å². The number of nitrogens with zero attached hydrogens (tertiary/aromatic N) is 1. The first-order chi connectivity index (χ1) is 5.84. The SMILES string of the molecule is CC1CC2CC1CN1CCCC21. The van der Waals surface area contributed by atoms with E-state index in [9.17, 15) is 0 Å². The Morgan fingerprint density at radius 3 is 3.00 bits per heavy atom. The molecule has 3 rings (SSSR count). The summed E-state index contributed by atoms with van der Waals surface area (Å²) >= 11 is 0. The van der Waals surface area contributed by atoms with Crippen LogP contribution in [0.1, 0.15) is 32.6 Å². The van der Waals surface area contributed by atoms with Gasteiger partial charge in [0.1, 0.15) is 0 Å². The molecule has 0 radical (unpaired) electrons. The second kappa shape index (κ2) is 2.47. The lowest BCUT2D eigenvalue weighted by Crippen LogP contribution is -2.41. The van der Waals surface area contributed by atoms with Crippen LogP contribution in [-0.4, -0.2) is 24.0 Å². The Morgan fingerprint density at radius 2 is 2.08 bits per heavy atom. The highest BCUT2D eigenvalue weighted by atomic mass is 15.2. The van der Waals surface area contributed by atoms with E-state index in [0.717, 1.165) is 23.8 Å². The van der Waals surface area contributed by atoms with E-state index in [-0.39, 0.29) is 0 Å². The van der Waals surface area contributed by atoms with Gasteiger partial charge in [0.2, 0.25) is 0 Å². The molecule has 12 heavy (non-hydrogen) atoms. The maximum Gasteiger partial charge on any atom is 0.0124 e. The molecule has 0 N–H and O–H groups in total. The van der Waals surface area contributed by atoms with Gasteiger partial charge in [0, 0.05) is 12.6 Å². The summed E-state index contributed by atoms with van der Waals surface area (Å²) in [4.78, 5) is 2.78. The third-order valence-corrected chi connectivity index (χ3v) is 4.51. The van der Waals surface area contributed by atoms with E-state index in [2.05, 4.69) is 11.8 Å². The van der Waals surface area contributed by atoms with Crippen LogP contribution in [0.5, 0.6) is 0 Å². The maximum absolute atomic E-state index is 2.78. The fourth-order valence-corrected chi connectivity index (χ4v) is 3.87. The smallest absolute Gasteiger partial charge is 0.0124 e. The molecule has 1 nitrogen and oxygen atoms in total. The summed E-state index contributed by atoms with van der Waals surface area (Å²) in [5.41, 5.74) is 0. The zero-order valence-electron chi connectivity index (χ0n) is 8.00. The zero-order chi connectivity index (χ0) is 8.13. The van der Waals surface area contributed by atoms with Gasteiger partial charge in [0.15, 0.2) is 0 Å². The van der Waals surface area contributed by atoms with Crippen LogP contribution < -0.4 is 0 Å². The topological polar surface area (TPSA) is 3.24 Å². The number of hydrogen-bond acceptors (Lipinski definition) is 1. The predicted molar refractivity (Wildman–Crippen MR) is 50.0 cm³/mol. The van der Waals surface area contributed by atoms with Gasteiger partial charge < -0.3 is 0 Å². The Balaban J connectivity index is 1.84. The van der Waals surface area contributed by atoms with Crippen LogP contribution in [0.15, 0.2) is 0 Å². The molecule has 1 aliphatic carbocycles. The molecular weight excluding hydrogens is 146 g/mol. The summed E-state index contributed by atoms with van der Waals surface area (Å²) < 4.78 is 0. The fraction of sp³-hybridized carbons (Fsp3) is 1.00. The van der Waals surface area contributed by atoms with Gasteiger partial charge >= 0.3 is 0 Å². The molecule has 0 aromatic carbocycles. The van der Waals surface area contributed by atoms with Crippen LogP contribution in [0.2, 0.25) is 0 Å². The molecule has 3 aliphatic rings. The minimum absolute atomic E-state index is 1.01. The Bertz CT molecular complexity index is 187. The molecule has 0 aromatic heterocycles. The molecule has 2 aliphatic heterocycles. The van der Waals surface area contributed by atoms with Gasteiger partial charge in [-0.2, -0.15) is 0 Å². The molecule has 2 bridgehead atoms. The van der Waals surface area contributed by atoms with Gasteiger partial charge in [-0.25, -0.2) is 0 Å². The third kappa shape index (κ3) is 0.891.